The van der Waals surface area contributed by atoms with Crippen LogP contribution in [0.15, 0.2) is 23.1 Å². The second kappa shape index (κ2) is 6.55. The van der Waals surface area contributed by atoms with Gasteiger partial charge in [-0.3, -0.25) is 4.79 Å². The Balaban J connectivity index is 3.08. The van der Waals surface area contributed by atoms with Gasteiger partial charge in [-0.15, -0.1) is 11.8 Å². The van der Waals surface area contributed by atoms with E-state index >= 15 is 0 Å². The van der Waals surface area contributed by atoms with Crippen LogP contribution in [0.1, 0.15) is 24.2 Å². The average Bonchev–Trinajstić information content (AvgIpc) is 2.39. The van der Waals surface area contributed by atoms with Gasteiger partial charge in [-0.25, -0.2) is 0 Å². The fraction of sp³-hybridized carbons (Fsp3) is 0.462. The third-order valence-corrected chi connectivity index (χ3v) is 3.42. The summed E-state index contributed by atoms with van der Waals surface area (Å²) >= 11 is 1.63. The van der Waals surface area contributed by atoms with E-state index in [-0.39, 0.29) is 5.91 Å². The summed E-state index contributed by atoms with van der Waals surface area (Å²) in [6, 6.07) is 5.69. The normalized spacial score (nSPS) is 10.1. The number of hydrogen-bond acceptors (Lipinski definition) is 3. The van der Waals surface area contributed by atoms with E-state index < -0.39 is 0 Å². The van der Waals surface area contributed by atoms with Gasteiger partial charge in [-0.1, -0.05) is 0 Å². The molecule has 1 aromatic rings. The second-order valence-electron chi connectivity index (χ2n) is 3.54. The molecule has 0 aliphatic heterocycles. The number of hydrogen-bond donors (Lipinski definition) is 0. The highest BCUT2D eigenvalue weighted by molar-refractivity contribution is 7.98. The molecule has 0 atom stereocenters. The Morgan fingerprint density at radius 2 is 2.00 bits per heavy atom. The van der Waals surface area contributed by atoms with Gasteiger partial charge in [0, 0.05) is 18.0 Å². The molecule has 0 saturated heterocycles. The first-order valence-electron chi connectivity index (χ1n) is 5.69. The van der Waals surface area contributed by atoms with Gasteiger partial charge in [0.1, 0.15) is 5.75 Å². The van der Waals surface area contributed by atoms with Crippen molar-refractivity contribution in [2.75, 3.05) is 26.5 Å². The van der Waals surface area contributed by atoms with E-state index in [2.05, 4.69) is 0 Å². The van der Waals surface area contributed by atoms with Gasteiger partial charge in [-0.05, 0) is 38.3 Å². The lowest BCUT2D eigenvalue weighted by molar-refractivity contribution is 0.0769. The van der Waals surface area contributed by atoms with Crippen molar-refractivity contribution >= 4 is 17.7 Å². The van der Waals surface area contributed by atoms with Crippen molar-refractivity contribution in [2.45, 2.75) is 18.7 Å². The van der Waals surface area contributed by atoms with E-state index in [0.29, 0.717) is 24.4 Å². The minimum absolute atomic E-state index is 0.0273. The third kappa shape index (κ3) is 3.16. The maximum absolute atomic E-state index is 12.2. The number of carbonyl (C=O) groups is 1. The molecule has 0 saturated carbocycles. The SMILES string of the molecule is CCN(CC)C(=O)c1ccc(SC)cc1OC. The van der Waals surface area contributed by atoms with Crippen LogP contribution in [0.25, 0.3) is 0 Å². The Kier molecular flexibility index (Phi) is 5.35. The molecule has 0 aliphatic carbocycles. The predicted octanol–water partition coefficient (Wildman–Crippen LogP) is 2.90. The zero-order chi connectivity index (χ0) is 12.8. The average molecular weight is 253 g/mol. The quantitative estimate of drug-likeness (QED) is 0.756. The molecule has 0 fully saturated rings. The first-order valence-corrected chi connectivity index (χ1v) is 6.91. The molecule has 1 aromatic carbocycles. The number of rotatable bonds is 5. The van der Waals surface area contributed by atoms with Gasteiger partial charge in [0.05, 0.1) is 12.7 Å². The minimum atomic E-state index is 0.0273. The largest absolute Gasteiger partial charge is 0.496 e. The van der Waals surface area contributed by atoms with Gasteiger partial charge in [-0.2, -0.15) is 0 Å². The molecule has 3 nitrogen and oxygen atoms in total. The number of thioether (sulfide) groups is 1. The first kappa shape index (κ1) is 13.9. The Labute approximate surface area is 107 Å². The zero-order valence-electron chi connectivity index (χ0n) is 10.8. The molecule has 0 N–H and O–H groups in total. The van der Waals surface area contributed by atoms with E-state index in [1.165, 1.54) is 0 Å². The highest BCUT2D eigenvalue weighted by atomic mass is 32.2. The lowest BCUT2D eigenvalue weighted by Gasteiger charge is -2.20. The van der Waals surface area contributed by atoms with Gasteiger partial charge >= 0.3 is 0 Å². The van der Waals surface area contributed by atoms with Crippen molar-refractivity contribution in [1.29, 1.82) is 0 Å². The molecule has 0 radical (unpaired) electrons. The molecule has 1 amide bonds. The molecule has 0 aliphatic rings. The smallest absolute Gasteiger partial charge is 0.257 e. The van der Waals surface area contributed by atoms with E-state index in [9.17, 15) is 4.79 Å². The molecule has 17 heavy (non-hydrogen) atoms. The summed E-state index contributed by atoms with van der Waals surface area (Å²) in [4.78, 5) is 15.1. The number of benzene rings is 1. The van der Waals surface area contributed by atoms with Crippen molar-refractivity contribution in [1.82, 2.24) is 4.90 Å². The zero-order valence-corrected chi connectivity index (χ0v) is 11.6. The van der Waals surface area contributed by atoms with Crippen LogP contribution in [-0.4, -0.2) is 37.3 Å². The fourth-order valence-electron chi connectivity index (χ4n) is 1.66. The molecule has 0 bridgehead atoms. The van der Waals surface area contributed by atoms with Crippen LogP contribution in [0.2, 0.25) is 0 Å². The highest BCUT2D eigenvalue weighted by Crippen LogP contribution is 2.26. The van der Waals surface area contributed by atoms with Crippen molar-refractivity contribution in [2.24, 2.45) is 0 Å². The van der Waals surface area contributed by atoms with Crippen LogP contribution in [0.5, 0.6) is 5.75 Å². The Hall–Kier alpha value is -1.16. The number of ether oxygens (including phenoxy) is 1. The summed E-state index contributed by atoms with van der Waals surface area (Å²) in [5, 5.41) is 0. The van der Waals surface area contributed by atoms with Crippen LogP contribution >= 0.6 is 11.8 Å². The van der Waals surface area contributed by atoms with Crippen LogP contribution < -0.4 is 4.74 Å². The molecule has 0 aromatic heterocycles. The highest BCUT2D eigenvalue weighted by Gasteiger charge is 2.17. The van der Waals surface area contributed by atoms with Gasteiger partial charge in [0.25, 0.3) is 5.91 Å². The summed E-state index contributed by atoms with van der Waals surface area (Å²) in [5.41, 5.74) is 0.633. The number of nitrogens with zero attached hydrogens (tertiary/aromatic N) is 1. The van der Waals surface area contributed by atoms with Crippen molar-refractivity contribution < 1.29 is 9.53 Å². The summed E-state index contributed by atoms with van der Waals surface area (Å²) in [6.07, 6.45) is 2.00. The van der Waals surface area contributed by atoms with Crippen LogP contribution in [-0.2, 0) is 0 Å². The summed E-state index contributed by atoms with van der Waals surface area (Å²) in [7, 11) is 1.60. The number of amides is 1. The second-order valence-corrected chi connectivity index (χ2v) is 4.42. The predicted molar refractivity (Wildman–Crippen MR) is 72.0 cm³/mol. The summed E-state index contributed by atoms with van der Waals surface area (Å²) < 4.78 is 5.29. The van der Waals surface area contributed by atoms with Gasteiger partial charge < -0.3 is 9.64 Å². The Morgan fingerprint density at radius 1 is 1.35 bits per heavy atom. The third-order valence-electron chi connectivity index (χ3n) is 2.69. The lowest BCUT2D eigenvalue weighted by atomic mass is 10.1. The van der Waals surface area contributed by atoms with Crippen molar-refractivity contribution in [3.8, 4) is 5.75 Å². The number of carbonyl (C=O) groups excluding carboxylic acids is 1. The molecule has 0 heterocycles. The molecular weight excluding hydrogens is 234 g/mol. The molecule has 4 heteroatoms. The minimum Gasteiger partial charge on any atom is -0.496 e. The molecule has 94 valence electrons. The van der Waals surface area contributed by atoms with E-state index in [1.54, 1.807) is 23.8 Å². The maximum Gasteiger partial charge on any atom is 0.257 e. The molecular formula is C13H19NO2S. The monoisotopic (exact) mass is 253 g/mol. The van der Waals surface area contributed by atoms with E-state index in [4.69, 9.17) is 4.74 Å². The van der Waals surface area contributed by atoms with Crippen LogP contribution in [0.3, 0.4) is 0 Å². The van der Waals surface area contributed by atoms with Crippen LogP contribution in [0, 0.1) is 0 Å². The lowest BCUT2D eigenvalue weighted by Crippen LogP contribution is -2.30. The maximum atomic E-state index is 12.2. The molecule has 0 spiro atoms. The van der Waals surface area contributed by atoms with E-state index in [1.807, 2.05) is 38.3 Å². The van der Waals surface area contributed by atoms with Gasteiger partial charge in [0.15, 0.2) is 0 Å². The summed E-state index contributed by atoms with van der Waals surface area (Å²) in [6.45, 7) is 5.37. The topological polar surface area (TPSA) is 29.5 Å². The van der Waals surface area contributed by atoms with Crippen molar-refractivity contribution in [3.63, 3.8) is 0 Å². The summed E-state index contributed by atoms with van der Waals surface area (Å²) in [5.74, 6) is 0.674. The Morgan fingerprint density at radius 3 is 2.47 bits per heavy atom. The van der Waals surface area contributed by atoms with E-state index in [0.717, 1.165) is 4.90 Å². The van der Waals surface area contributed by atoms with Crippen molar-refractivity contribution in [3.05, 3.63) is 23.8 Å². The first-order chi connectivity index (χ1) is 8.17. The fourth-order valence-corrected chi connectivity index (χ4v) is 2.09. The Bertz CT molecular complexity index is 389. The number of methoxy groups -OCH3 is 1. The molecule has 1 rings (SSSR count). The molecule has 0 unspecified atom stereocenters. The van der Waals surface area contributed by atoms with Gasteiger partial charge in [0.2, 0.25) is 0 Å². The standard InChI is InChI=1S/C13H19NO2S/c1-5-14(6-2)13(15)11-8-7-10(17-4)9-12(11)16-3/h7-9H,5-6H2,1-4H3. The van der Waals surface area contributed by atoms with Crippen LogP contribution in [0.4, 0.5) is 0 Å².